The summed E-state index contributed by atoms with van der Waals surface area (Å²) in [4.78, 5) is 2.47. The molecule has 10 rings (SSSR count). The van der Waals surface area contributed by atoms with Gasteiger partial charge in [0.2, 0.25) is 0 Å². The number of allylic oxidation sites excluding steroid dienone is 8. The van der Waals surface area contributed by atoms with Crippen LogP contribution in [0.25, 0.3) is 5.57 Å². The molecule has 0 N–H and O–H groups in total. The number of anilines is 3. The second kappa shape index (κ2) is 13.1. The van der Waals surface area contributed by atoms with Crippen LogP contribution in [0, 0.1) is 0 Å². The quantitative estimate of drug-likeness (QED) is 0.155. The van der Waals surface area contributed by atoms with E-state index in [4.69, 9.17) is 0 Å². The molecule has 1 aliphatic heterocycles. The summed E-state index contributed by atoms with van der Waals surface area (Å²) in [6.07, 6.45) is 15.9. The van der Waals surface area contributed by atoms with E-state index in [1.165, 1.54) is 72.2 Å². The smallest absolute Gasteiger partial charge is 0.0707 e. The lowest BCUT2D eigenvalue weighted by atomic mass is 9.63. The van der Waals surface area contributed by atoms with Crippen LogP contribution in [0.1, 0.15) is 60.9 Å². The molecule has 0 radical (unpaired) electrons. The van der Waals surface area contributed by atoms with E-state index in [0.29, 0.717) is 5.66 Å². The number of hydrogen-bond acceptors (Lipinski definition) is 1. The van der Waals surface area contributed by atoms with E-state index in [0.717, 1.165) is 19.3 Å². The van der Waals surface area contributed by atoms with Gasteiger partial charge in [-0.25, -0.2) is 0 Å². The van der Waals surface area contributed by atoms with Gasteiger partial charge in [0.25, 0.3) is 0 Å². The van der Waals surface area contributed by atoms with Gasteiger partial charge in [0.05, 0.1) is 16.8 Å². The van der Waals surface area contributed by atoms with Crippen molar-refractivity contribution in [2.24, 2.45) is 0 Å². The molecule has 0 bridgehead atoms. The molecule has 3 aliphatic carbocycles. The van der Waals surface area contributed by atoms with E-state index in [9.17, 15) is 0 Å². The van der Waals surface area contributed by atoms with Gasteiger partial charge in [0, 0.05) is 16.8 Å². The highest BCUT2D eigenvalue weighted by molar-refractivity contribution is 7.73. The molecule has 0 amide bonds. The average molecular weight is 714 g/mol. The Bertz CT molecular complexity index is 2470. The second-order valence-corrected chi connectivity index (χ2v) is 18.0. The third-order valence-corrected chi connectivity index (χ3v) is 15.0. The number of para-hydroxylation sites is 2. The van der Waals surface area contributed by atoms with Crippen molar-refractivity contribution in [3.63, 3.8) is 0 Å². The van der Waals surface area contributed by atoms with Gasteiger partial charge < -0.3 is 4.90 Å². The molecule has 2 atom stereocenters. The van der Waals surface area contributed by atoms with Gasteiger partial charge in [-0.1, -0.05) is 178 Å². The fourth-order valence-electron chi connectivity index (χ4n) is 9.84. The number of hydrogen-bond donors (Lipinski definition) is 0. The molecule has 0 fully saturated rings. The van der Waals surface area contributed by atoms with Crippen LogP contribution in [0.15, 0.2) is 199 Å². The van der Waals surface area contributed by atoms with Crippen LogP contribution < -0.4 is 15.5 Å². The highest BCUT2D eigenvalue weighted by Crippen LogP contribution is 2.61. The number of rotatable bonds is 6. The van der Waals surface area contributed by atoms with Gasteiger partial charge in [-0.05, 0) is 107 Å². The number of benzene rings is 6. The van der Waals surface area contributed by atoms with Crippen molar-refractivity contribution in [1.82, 2.24) is 0 Å². The Labute approximate surface area is 321 Å². The van der Waals surface area contributed by atoms with E-state index in [1.54, 1.807) is 0 Å². The monoisotopic (exact) mass is 713 g/mol. The lowest BCUT2D eigenvalue weighted by Gasteiger charge is -2.44. The topological polar surface area (TPSA) is 3.24 Å². The first-order chi connectivity index (χ1) is 26.6. The van der Waals surface area contributed by atoms with Gasteiger partial charge >= 0.3 is 0 Å². The SMILES string of the molecule is CC1(C)c2ccccc2N(c2ccccc2)c2ccc(C3(C4=CCC(P(c5ccccc5)c5ccccc5)C=C4)C4=CCCC=C4c4ccccc43)cc21. The van der Waals surface area contributed by atoms with Crippen LogP contribution >= 0.6 is 7.92 Å². The van der Waals surface area contributed by atoms with E-state index in [1.807, 2.05) is 0 Å². The Hall–Kier alpha value is -5.49. The van der Waals surface area contributed by atoms with E-state index < -0.39 is 13.3 Å². The Morgan fingerprint density at radius 3 is 1.89 bits per heavy atom. The lowest BCUT2D eigenvalue weighted by molar-refractivity contribution is 0.627. The molecule has 1 heterocycles. The first-order valence-corrected chi connectivity index (χ1v) is 20.9. The molecular formula is C52H44NP. The molecule has 2 unspecified atom stereocenters. The number of nitrogens with zero attached hydrogens (tertiary/aromatic N) is 1. The lowest BCUT2D eigenvalue weighted by Crippen LogP contribution is -2.34. The van der Waals surface area contributed by atoms with E-state index >= 15 is 0 Å². The van der Waals surface area contributed by atoms with Crippen LogP contribution in [-0.4, -0.2) is 5.66 Å². The van der Waals surface area contributed by atoms with Crippen LogP contribution in [0.5, 0.6) is 0 Å². The molecular weight excluding hydrogens is 670 g/mol. The Morgan fingerprint density at radius 1 is 0.574 bits per heavy atom. The second-order valence-electron chi connectivity index (χ2n) is 15.5. The molecule has 0 saturated heterocycles. The first kappa shape index (κ1) is 33.1. The molecule has 6 aromatic carbocycles. The minimum Gasteiger partial charge on any atom is -0.310 e. The Balaban J connectivity index is 1.17. The molecule has 0 aromatic heterocycles. The largest absolute Gasteiger partial charge is 0.310 e. The maximum atomic E-state index is 2.61. The van der Waals surface area contributed by atoms with E-state index in [2.05, 4.69) is 207 Å². The maximum absolute atomic E-state index is 2.61. The van der Waals surface area contributed by atoms with Gasteiger partial charge in [-0.2, -0.15) is 0 Å². The van der Waals surface area contributed by atoms with Crippen molar-refractivity contribution in [3.8, 4) is 0 Å². The third-order valence-electron chi connectivity index (χ3n) is 12.3. The average Bonchev–Trinajstić information content (AvgIpc) is 3.54. The van der Waals surface area contributed by atoms with Crippen molar-refractivity contribution in [2.75, 3.05) is 4.90 Å². The van der Waals surface area contributed by atoms with Gasteiger partial charge in [0.15, 0.2) is 0 Å². The summed E-state index contributed by atoms with van der Waals surface area (Å²) in [5, 5.41) is 2.87. The summed E-state index contributed by atoms with van der Waals surface area (Å²) in [6.45, 7) is 4.83. The minimum atomic E-state index is -0.574. The predicted molar refractivity (Wildman–Crippen MR) is 230 cm³/mol. The van der Waals surface area contributed by atoms with Crippen molar-refractivity contribution >= 4 is 41.2 Å². The summed E-state index contributed by atoms with van der Waals surface area (Å²) in [5.74, 6) is 0. The fraction of sp³-hybridized carbons (Fsp3) is 0.154. The summed E-state index contributed by atoms with van der Waals surface area (Å²) < 4.78 is 0. The molecule has 262 valence electrons. The predicted octanol–water partition coefficient (Wildman–Crippen LogP) is 12.6. The first-order valence-electron chi connectivity index (χ1n) is 19.5. The third kappa shape index (κ3) is 5.02. The maximum Gasteiger partial charge on any atom is 0.0707 e. The van der Waals surface area contributed by atoms with Crippen molar-refractivity contribution < 1.29 is 0 Å². The molecule has 0 spiro atoms. The molecule has 0 saturated carbocycles. The van der Waals surface area contributed by atoms with Crippen molar-refractivity contribution in [3.05, 3.63) is 227 Å². The fourth-order valence-corrected chi connectivity index (χ4v) is 12.5. The summed E-state index contributed by atoms with van der Waals surface area (Å²) in [6, 6.07) is 59.0. The van der Waals surface area contributed by atoms with E-state index in [-0.39, 0.29) is 5.41 Å². The number of fused-ring (bicyclic) bond motifs is 5. The Morgan fingerprint density at radius 2 is 1.19 bits per heavy atom. The summed E-state index contributed by atoms with van der Waals surface area (Å²) in [7, 11) is -0.574. The zero-order valence-corrected chi connectivity index (χ0v) is 31.9. The van der Waals surface area contributed by atoms with Crippen LogP contribution in [0.2, 0.25) is 0 Å². The zero-order chi connectivity index (χ0) is 36.3. The normalized spacial score (nSPS) is 20.6. The van der Waals surface area contributed by atoms with Crippen LogP contribution in [-0.2, 0) is 10.8 Å². The molecule has 6 aromatic rings. The van der Waals surface area contributed by atoms with Gasteiger partial charge in [-0.15, -0.1) is 0 Å². The molecule has 4 aliphatic rings. The summed E-state index contributed by atoms with van der Waals surface area (Å²) in [5.41, 5.74) is 14.6. The van der Waals surface area contributed by atoms with Gasteiger partial charge in [0.1, 0.15) is 0 Å². The zero-order valence-electron chi connectivity index (χ0n) is 31.0. The molecule has 1 nitrogen and oxygen atoms in total. The molecule has 54 heavy (non-hydrogen) atoms. The summed E-state index contributed by atoms with van der Waals surface area (Å²) >= 11 is 0. The Kier molecular flexibility index (Phi) is 8.04. The highest BCUT2D eigenvalue weighted by Gasteiger charge is 2.50. The van der Waals surface area contributed by atoms with Gasteiger partial charge in [-0.3, -0.25) is 0 Å². The standard InChI is InChI=1S/C52H44NP/c1-51(2)47-28-16-17-29-49(47)53(39-18-6-3-7-19-39)50-35-32-38(36-48(50)51)52(45-26-14-12-24-43(45)44-25-13-15-27-46(44)52)37-30-33-42(34-31-37)54(40-20-8-4-9-21-40)41-22-10-5-11-23-41/h3-12,14,16-33,35-36,42H,13,15,34H2,1-2H3. The van der Waals surface area contributed by atoms with Crippen molar-refractivity contribution in [1.29, 1.82) is 0 Å². The molecule has 2 heteroatoms. The van der Waals surface area contributed by atoms with Crippen molar-refractivity contribution in [2.45, 2.75) is 49.6 Å². The van der Waals surface area contributed by atoms with Crippen LogP contribution in [0.3, 0.4) is 0 Å². The van der Waals surface area contributed by atoms with Crippen LogP contribution in [0.4, 0.5) is 17.1 Å². The highest BCUT2D eigenvalue weighted by atomic mass is 31.1. The minimum absolute atomic E-state index is 0.199.